The molecular weight excluding hydrogens is 378 g/mol. The molecule has 0 fully saturated rings. The summed E-state index contributed by atoms with van der Waals surface area (Å²) in [5.74, 6) is 0.444. The van der Waals surface area contributed by atoms with Crippen LogP contribution in [0.25, 0.3) is 10.2 Å². The molecule has 0 saturated carbocycles. The second-order valence-corrected chi connectivity index (χ2v) is 7.99. The summed E-state index contributed by atoms with van der Waals surface area (Å²) < 4.78 is 6.67. The Balaban J connectivity index is 1.65. The second kappa shape index (κ2) is 8.02. The number of benzene rings is 2. The number of nitrogens with zero attached hydrogens (tertiary/aromatic N) is 1. The maximum atomic E-state index is 12.4. The molecule has 5 nitrogen and oxygen atoms in total. The number of hydrogen-bond acceptors (Lipinski definition) is 5. The largest absolute Gasteiger partial charge is 0.491 e. The summed E-state index contributed by atoms with van der Waals surface area (Å²) in [5, 5.41) is 6.56. The first-order valence-electron chi connectivity index (χ1n) is 8.58. The van der Waals surface area contributed by atoms with Gasteiger partial charge in [-0.3, -0.25) is 10.1 Å². The van der Waals surface area contributed by atoms with Crippen LogP contribution in [0.4, 0.5) is 5.13 Å². The van der Waals surface area contributed by atoms with E-state index in [1.54, 1.807) is 24.3 Å². The third-order valence-electron chi connectivity index (χ3n) is 3.77. The molecule has 1 amide bonds. The molecule has 3 rings (SSSR count). The lowest BCUT2D eigenvalue weighted by atomic mass is 10.1. The number of rotatable bonds is 4. The van der Waals surface area contributed by atoms with Crippen LogP contribution in [0.2, 0.25) is 0 Å². The Morgan fingerprint density at radius 1 is 1.19 bits per heavy atom. The smallest absolute Gasteiger partial charge is 0.257 e. The van der Waals surface area contributed by atoms with Gasteiger partial charge in [-0.15, -0.1) is 0 Å². The third kappa shape index (κ3) is 4.81. The van der Waals surface area contributed by atoms with Crippen LogP contribution in [0, 0.1) is 13.8 Å². The van der Waals surface area contributed by atoms with Crippen LogP contribution >= 0.6 is 23.6 Å². The maximum absolute atomic E-state index is 12.4. The van der Waals surface area contributed by atoms with Gasteiger partial charge in [-0.05, 0) is 81.4 Å². The fourth-order valence-electron chi connectivity index (χ4n) is 2.68. The van der Waals surface area contributed by atoms with Gasteiger partial charge in [0.15, 0.2) is 10.2 Å². The van der Waals surface area contributed by atoms with Crippen molar-refractivity contribution in [3.63, 3.8) is 0 Å². The predicted molar refractivity (Wildman–Crippen MR) is 115 cm³/mol. The molecular formula is C20H21N3O2S2. The minimum atomic E-state index is -0.281. The number of hydrogen-bond donors (Lipinski definition) is 2. The lowest BCUT2D eigenvalue weighted by Gasteiger charge is -2.10. The van der Waals surface area contributed by atoms with Crippen LogP contribution in [-0.4, -0.2) is 22.1 Å². The monoisotopic (exact) mass is 399 g/mol. The van der Waals surface area contributed by atoms with Gasteiger partial charge in [0.1, 0.15) is 5.75 Å². The molecule has 0 radical (unpaired) electrons. The fraction of sp³-hybridized carbons (Fsp3) is 0.250. The molecule has 140 valence electrons. The number of ether oxygens (including phenoxy) is 1. The highest BCUT2D eigenvalue weighted by molar-refractivity contribution is 7.80. The molecule has 0 aliphatic carbocycles. The van der Waals surface area contributed by atoms with Crippen LogP contribution in [0.3, 0.4) is 0 Å². The van der Waals surface area contributed by atoms with Gasteiger partial charge < -0.3 is 10.1 Å². The van der Waals surface area contributed by atoms with Gasteiger partial charge in [0.05, 0.1) is 16.3 Å². The number of thiazole rings is 1. The Morgan fingerprint density at radius 3 is 2.56 bits per heavy atom. The van der Waals surface area contributed by atoms with Crippen molar-refractivity contribution >= 4 is 49.9 Å². The first kappa shape index (κ1) is 19.3. The number of fused-ring (bicyclic) bond motifs is 1. The van der Waals surface area contributed by atoms with Crippen molar-refractivity contribution in [2.45, 2.75) is 33.8 Å². The van der Waals surface area contributed by atoms with E-state index in [2.05, 4.69) is 34.7 Å². The molecule has 0 unspecified atom stereocenters. The number of carbonyl (C=O) groups excluding carboxylic acids is 1. The van der Waals surface area contributed by atoms with E-state index in [0.717, 1.165) is 21.5 Å². The van der Waals surface area contributed by atoms with E-state index in [1.165, 1.54) is 16.9 Å². The molecule has 7 heteroatoms. The molecule has 2 aromatic carbocycles. The Hall–Kier alpha value is -2.51. The topological polar surface area (TPSA) is 63.2 Å². The van der Waals surface area contributed by atoms with Gasteiger partial charge in [0.25, 0.3) is 5.91 Å². The molecule has 0 saturated heterocycles. The second-order valence-electron chi connectivity index (χ2n) is 6.55. The van der Waals surface area contributed by atoms with E-state index in [-0.39, 0.29) is 17.1 Å². The van der Waals surface area contributed by atoms with Crippen molar-refractivity contribution in [3.05, 3.63) is 53.1 Å². The average Bonchev–Trinajstić information content (AvgIpc) is 2.97. The van der Waals surface area contributed by atoms with Crippen molar-refractivity contribution in [3.8, 4) is 5.75 Å². The molecule has 3 aromatic rings. The zero-order valence-electron chi connectivity index (χ0n) is 15.6. The van der Waals surface area contributed by atoms with E-state index in [1.807, 2.05) is 20.8 Å². The van der Waals surface area contributed by atoms with Gasteiger partial charge in [0.2, 0.25) is 0 Å². The number of aromatic nitrogens is 1. The third-order valence-corrected chi connectivity index (χ3v) is 4.89. The van der Waals surface area contributed by atoms with E-state index >= 15 is 0 Å². The predicted octanol–water partition coefficient (Wildman–Crippen LogP) is 4.83. The van der Waals surface area contributed by atoms with E-state index in [4.69, 9.17) is 17.0 Å². The Morgan fingerprint density at radius 2 is 1.89 bits per heavy atom. The number of nitrogens with one attached hydrogen (secondary N) is 2. The summed E-state index contributed by atoms with van der Waals surface area (Å²) in [7, 11) is 0. The molecule has 0 aliphatic rings. The Labute approximate surface area is 167 Å². The van der Waals surface area contributed by atoms with Gasteiger partial charge in [-0.1, -0.05) is 17.4 Å². The van der Waals surface area contributed by atoms with E-state index < -0.39 is 0 Å². The highest BCUT2D eigenvalue weighted by Crippen LogP contribution is 2.29. The zero-order chi connectivity index (χ0) is 19.6. The minimum absolute atomic E-state index is 0.0858. The quantitative estimate of drug-likeness (QED) is 0.616. The number of anilines is 1. The summed E-state index contributed by atoms with van der Waals surface area (Å²) >= 11 is 6.76. The van der Waals surface area contributed by atoms with Crippen LogP contribution in [0.15, 0.2) is 36.4 Å². The highest BCUT2D eigenvalue weighted by atomic mass is 32.1. The SMILES string of the molecule is Cc1cc(C)c2nc(NC(=S)NC(=O)c3ccc(OC(C)C)cc3)sc2c1. The normalized spacial score (nSPS) is 10.9. The van der Waals surface area contributed by atoms with E-state index in [0.29, 0.717) is 10.7 Å². The first-order chi connectivity index (χ1) is 12.8. The molecule has 0 bridgehead atoms. The van der Waals surface area contributed by atoms with Gasteiger partial charge >= 0.3 is 0 Å². The zero-order valence-corrected chi connectivity index (χ0v) is 17.3. The summed E-state index contributed by atoms with van der Waals surface area (Å²) in [6.45, 7) is 8.00. The summed E-state index contributed by atoms with van der Waals surface area (Å²) in [6, 6.07) is 11.1. The number of thiocarbonyl (C=S) groups is 1. The van der Waals surface area contributed by atoms with Crippen molar-refractivity contribution < 1.29 is 9.53 Å². The average molecular weight is 400 g/mol. The maximum Gasteiger partial charge on any atom is 0.257 e. The summed E-state index contributed by atoms with van der Waals surface area (Å²) in [5.41, 5.74) is 3.76. The van der Waals surface area contributed by atoms with Crippen LogP contribution in [0.5, 0.6) is 5.75 Å². The fourth-order valence-corrected chi connectivity index (χ4v) is 3.99. The molecule has 2 N–H and O–H groups in total. The molecule has 27 heavy (non-hydrogen) atoms. The van der Waals surface area contributed by atoms with Crippen LogP contribution < -0.4 is 15.4 Å². The minimum Gasteiger partial charge on any atom is -0.491 e. The van der Waals surface area contributed by atoms with Crippen molar-refractivity contribution in [1.29, 1.82) is 0 Å². The Bertz CT molecular complexity index is 994. The number of aryl methyl sites for hydroxylation is 2. The highest BCUT2D eigenvalue weighted by Gasteiger charge is 2.12. The van der Waals surface area contributed by atoms with Crippen molar-refractivity contribution in [2.75, 3.05) is 5.32 Å². The standard InChI is InChI=1S/C20H21N3O2S2/c1-11(2)25-15-7-5-14(6-8-15)18(24)22-19(26)23-20-21-17-13(4)9-12(3)10-16(17)27-20/h5-11H,1-4H3,(H2,21,22,23,24,26). The van der Waals surface area contributed by atoms with Gasteiger partial charge in [-0.25, -0.2) is 4.98 Å². The Kier molecular flexibility index (Phi) is 5.72. The van der Waals surface area contributed by atoms with Gasteiger partial charge in [-0.2, -0.15) is 0 Å². The van der Waals surface area contributed by atoms with Crippen LogP contribution in [0.1, 0.15) is 35.3 Å². The molecule has 0 aliphatic heterocycles. The lowest BCUT2D eigenvalue weighted by Crippen LogP contribution is -2.34. The number of carbonyl (C=O) groups is 1. The summed E-state index contributed by atoms with van der Waals surface area (Å²) in [6.07, 6.45) is 0.0858. The first-order valence-corrected chi connectivity index (χ1v) is 9.81. The van der Waals surface area contributed by atoms with Gasteiger partial charge in [0, 0.05) is 5.56 Å². The molecule has 0 atom stereocenters. The lowest BCUT2D eigenvalue weighted by molar-refractivity contribution is 0.0977. The van der Waals surface area contributed by atoms with Crippen LogP contribution in [-0.2, 0) is 0 Å². The molecule has 1 aromatic heterocycles. The summed E-state index contributed by atoms with van der Waals surface area (Å²) in [4.78, 5) is 16.9. The molecule has 0 spiro atoms. The molecule has 1 heterocycles. The number of amides is 1. The van der Waals surface area contributed by atoms with E-state index in [9.17, 15) is 4.79 Å². The van der Waals surface area contributed by atoms with Crippen molar-refractivity contribution in [2.24, 2.45) is 0 Å². The van der Waals surface area contributed by atoms with Crippen molar-refractivity contribution in [1.82, 2.24) is 10.3 Å².